The van der Waals surface area contributed by atoms with Crippen molar-refractivity contribution in [1.29, 1.82) is 0 Å². The molecule has 0 fully saturated rings. The van der Waals surface area contributed by atoms with Crippen LogP contribution in [-0.4, -0.2) is 22.1 Å². The topological polar surface area (TPSA) is 94.0 Å². The van der Waals surface area contributed by atoms with E-state index in [1.807, 2.05) is 13.8 Å². The molecule has 0 aromatic carbocycles. The minimum Gasteiger partial charge on any atom is -0.345 e. The number of nitrogens with two attached hydrogens (primary N) is 1. The summed E-state index contributed by atoms with van der Waals surface area (Å²) in [5.41, 5.74) is 5.69. The Morgan fingerprint density at radius 3 is 2.67 bits per heavy atom. The monoisotopic (exact) mass is 212 g/mol. The molecule has 3 N–H and O–H groups in total. The summed E-state index contributed by atoms with van der Waals surface area (Å²) in [4.78, 5) is 15.4. The highest BCUT2D eigenvalue weighted by molar-refractivity contribution is 5.82. The van der Waals surface area contributed by atoms with Crippen LogP contribution >= 0.6 is 0 Å². The van der Waals surface area contributed by atoms with Gasteiger partial charge in [0.1, 0.15) is 0 Å². The van der Waals surface area contributed by atoms with Crippen molar-refractivity contribution < 1.29 is 9.32 Å². The van der Waals surface area contributed by atoms with E-state index in [0.29, 0.717) is 5.82 Å². The molecule has 1 rings (SSSR count). The number of carbonyl (C=O) groups is 1. The molecule has 0 radical (unpaired) electrons. The van der Waals surface area contributed by atoms with Crippen LogP contribution < -0.4 is 11.1 Å². The van der Waals surface area contributed by atoms with Gasteiger partial charge in [-0.05, 0) is 12.8 Å². The Morgan fingerprint density at radius 2 is 2.20 bits per heavy atom. The highest BCUT2D eigenvalue weighted by Gasteiger charge is 2.20. The minimum absolute atomic E-state index is 0.0995. The minimum atomic E-state index is -0.514. The Bertz CT molecular complexity index is 310. The maximum absolute atomic E-state index is 11.6. The largest absolute Gasteiger partial charge is 0.345 e. The van der Waals surface area contributed by atoms with E-state index in [2.05, 4.69) is 20.0 Å². The van der Waals surface area contributed by atoms with E-state index in [1.54, 1.807) is 6.92 Å². The molecule has 0 aliphatic rings. The van der Waals surface area contributed by atoms with Crippen molar-refractivity contribution >= 4 is 5.91 Å². The summed E-state index contributed by atoms with van der Waals surface area (Å²) in [6.45, 7) is 5.56. The third-order valence-corrected chi connectivity index (χ3v) is 2.15. The van der Waals surface area contributed by atoms with Crippen molar-refractivity contribution in [3.63, 3.8) is 0 Å². The standard InChI is InChI=1S/C9H16N4O2/c1-5(2)7(10)9(14)12-6(3)8-11-4-15-13-8/h4-7H,10H2,1-3H3,(H,12,14). The average molecular weight is 212 g/mol. The Kier molecular flexibility index (Phi) is 3.79. The molecule has 1 aromatic rings. The quantitative estimate of drug-likeness (QED) is 0.745. The number of rotatable bonds is 4. The molecule has 0 aliphatic heterocycles. The Morgan fingerprint density at radius 1 is 1.53 bits per heavy atom. The maximum atomic E-state index is 11.6. The molecule has 0 aliphatic carbocycles. The fraction of sp³-hybridized carbons (Fsp3) is 0.667. The van der Waals surface area contributed by atoms with Crippen molar-refractivity contribution in [2.45, 2.75) is 32.9 Å². The molecule has 6 nitrogen and oxygen atoms in total. The summed E-state index contributed by atoms with van der Waals surface area (Å²) in [5.74, 6) is 0.337. The first kappa shape index (κ1) is 11.6. The average Bonchev–Trinajstić information content (AvgIpc) is 2.68. The van der Waals surface area contributed by atoms with E-state index in [4.69, 9.17) is 5.73 Å². The second-order valence-corrected chi connectivity index (χ2v) is 3.79. The van der Waals surface area contributed by atoms with Crippen molar-refractivity contribution in [2.24, 2.45) is 11.7 Å². The van der Waals surface area contributed by atoms with Crippen LogP contribution in [0.2, 0.25) is 0 Å². The lowest BCUT2D eigenvalue weighted by molar-refractivity contribution is -0.123. The second-order valence-electron chi connectivity index (χ2n) is 3.79. The molecule has 0 saturated carbocycles. The van der Waals surface area contributed by atoms with Gasteiger partial charge in [-0.25, -0.2) is 0 Å². The van der Waals surface area contributed by atoms with Crippen molar-refractivity contribution in [2.75, 3.05) is 0 Å². The van der Waals surface area contributed by atoms with Crippen molar-refractivity contribution in [3.05, 3.63) is 12.2 Å². The Hall–Kier alpha value is -1.43. The molecule has 1 amide bonds. The van der Waals surface area contributed by atoms with Crippen LogP contribution in [0, 0.1) is 5.92 Å². The van der Waals surface area contributed by atoms with Crippen LogP contribution in [0.5, 0.6) is 0 Å². The van der Waals surface area contributed by atoms with Gasteiger partial charge in [0.05, 0.1) is 12.1 Å². The van der Waals surface area contributed by atoms with Gasteiger partial charge >= 0.3 is 0 Å². The summed E-state index contributed by atoms with van der Waals surface area (Å²) < 4.78 is 4.58. The predicted molar refractivity (Wildman–Crippen MR) is 53.7 cm³/mol. The molecular formula is C9H16N4O2. The summed E-state index contributed by atoms with van der Waals surface area (Å²) >= 11 is 0. The molecule has 84 valence electrons. The molecule has 6 heteroatoms. The van der Waals surface area contributed by atoms with Crippen LogP contribution in [-0.2, 0) is 4.79 Å². The molecule has 2 unspecified atom stereocenters. The van der Waals surface area contributed by atoms with Crippen LogP contribution in [0.15, 0.2) is 10.9 Å². The van der Waals surface area contributed by atoms with E-state index >= 15 is 0 Å². The number of aromatic nitrogens is 2. The van der Waals surface area contributed by atoms with Crippen LogP contribution in [0.3, 0.4) is 0 Å². The summed E-state index contributed by atoms with van der Waals surface area (Å²) in [6, 6.07) is -0.805. The predicted octanol–water partition coefficient (Wildman–Crippen LogP) is 0.230. The lowest BCUT2D eigenvalue weighted by Crippen LogP contribution is -2.44. The molecule has 0 saturated heterocycles. The first-order valence-corrected chi connectivity index (χ1v) is 4.84. The number of nitrogens with zero attached hydrogens (tertiary/aromatic N) is 2. The lowest BCUT2D eigenvalue weighted by atomic mass is 10.0. The summed E-state index contributed by atoms with van der Waals surface area (Å²) in [5, 5.41) is 6.35. The van der Waals surface area contributed by atoms with Crippen LogP contribution in [0.25, 0.3) is 0 Å². The lowest BCUT2D eigenvalue weighted by Gasteiger charge is -2.17. The second kappa shape index (κ2) is 4.88. The number of nitrogens with one attached hydrogen (secondary N) is 1. The van der Waals surface area contributed by atoms with Crippen molar-refractivity contribution in [3.8, 4) is 0 Å². The summed E-state index contributed by atoms with van der Waals surface area (Å²) in [6.07, 6.45) is 1.22. The van der Waals surface area contributed by atoms with Gasteiger partial charge in [0.25, 0.3) is 0 Å². The number of hydrogen-bond acceptors (Lipinski definition) is 5. The van der Waals surface area contributed by atoms with Crippen molar-refractivity contribution in [1.82, 2.24) is 15.5 Å². The Balaban J connectivity index is 2.52. The highest BCUT2D eigenvalue weighted by atomic mass is 16.5. The zero-order chi connectivity index (χ0) is 11.4. The van der Waals surface area contributed by atoms with Gasteiger partial charge in [-0.2, -0.15) is 4.98 Å². The molecular weight excluding hydrogens is 196 g/mol. The zero-order valence-electron chi connectivity index (χ0n) is 9.10. The van der Waals surface area contributed by atoms with Crippen LogP contribution in [0.1, 0.15) is 32.6 Å². The van der Waals surface area contributed by atoms with E-state index in [-0.39, 0.29) is 17.9 Å². The first-order chi connectivity index (χ1) is 7.02. The van der Waals surface area contributed by atoms with Gasteiger partial charge in [-0.15, -0.1) is 0 Å². The van der Waals surface area contributed by atoms with Gasteiger partial charge in [0.2, 0.25) is 12.3 Å². The van der Waals surface area contributed by atoms with E-state index in [0.717, 1.165) is 0 Å². The normalized spacial score (nSPS) is 15.0. The van der Waals surface area contributed by atoms with E-state index in [9.17, 15) is 4.79 Å². The number of carbonyl (C=O) groups excluding carboxylic acids is 1. The van der Waals surface area contributed by atoms with Gasteiger partial charge in [-0.1, -0.05) is 19.0 Å². The molecule has 1 heterocycles. The molecule has 1 aromatic heterocycles. The SMILES string of the molecule is CC(NC(=O)C(N)C(C)C)c1ncon1. The van der Waals surface area contributed by atoms with E-state index < -0.39 is 6.04 Å². The fourth-order valence-corrected chi connectivity index (χ4v) is 1.05. The summed E-state index contributed by atoms with van der Waals surface area (Å²) in [7, 11) is 0. The molecule has 15 heavy (non-hydrogen) atoms. The third kappa shape index (κ3) is 3.02. The first-order valence-electron chi connectivity index (χ1n) is 4.84. The fourth-order valence-electron chi connectivity index (χ4n) is 1.05. The molecule has 2 atom stereocenters. The molecule has 0 spiro atoms. The number of hydrogen-bond donors (Lipinski definition) is 2. The van der Waals surface area contributed by atoms with Gasteiger partial charge in [-0.3, -0.25) is 4.79 Å². The third-order valence-electron chi connectivity index (χ3n) is 2.15. The highest BCUT2D eigenvalue weighted by Crippen LogP contribution is 2.06. The molecule has 0 bridgehead atoms. The van der Waals surface area contributed by atoms with Gasteiger partial charge < -0.3 is 15.6 Å². The van der Waals surface area contributed by atoms with Gasteiger partial charge in [0, 0.05) is 0 Å². The zero-order valence-corrected chi connectivity index (χ0v) is 9.10. The number of amides is 1. The van der Waals surface area contributed by atoms with Gasteiger partial charge in [0.15, 0.2) is 5.82 Å². The van der Waals surface area contributed by atoms with E-state index in [1.165, 1.54) is 6.39 Å². The smallest absolute Gasteiger partial charge is 0.237 e. The Labute approximate surface area is 88.2 Å². The van der Waals surface area contributed by atoms with Crippen LogP contribution in [0.4, 0.5) is 0 Å². The maximum Gasteiger partial charge on any atom is 0.237 e.